The first-order chi connectivity index (χ1) is 13.0. The van der Waals surface area contributed by atoms with Gasteiger partial charge >= 0.3 is 5.63 Å². The summed E-state index contributed by atoms with van der Waals surface area (Å²) in [4.78, 5) is 14.3. The molecule has 3 aromatic rings. The summed E-state index contributed by atoms with van der Waals surface area (Å²) in [7, 11) is 1.65. The number of hydrogen-bond donors (Lipinski definition) is 0. The molecule has 6 heteroatoms. The van der Waals surface area contributed by atoms with Crippen molar-refractivity contribution in [3.63, 3.8) is 0 Å². The van der Waals surface area contributed by atoms with Gasteiger partial charge in [0.2, 0.25) is 0 Å². The highest BCUT2D eigenvalue weighted by Crippen LogP contribution is 2.39. The van der Waals surface area contributed by atoms with Crippen molar-refractivity contribution in [2.45, 2.75) is 26.9 Å². The average Bonchev–Trinajstić information content (AvgIpc) is 2.67. The molecule has 0 aliphatic carbocycles. The maximum absolute atomic E-state index is 12.2. The summed E-state index contributed by atoms with van der Waals surface area (Å²) >= 11 is 6.45. The van der Waals surface area contributed by atoms with Crippen LogP contribution in [0.2, 0.25) is 5.02 Å². The van der Waals surface area contributed by atoms with E-state index in [-0.39, 0.29) is 5.63 Å². The Bertz CT molecular complexity index is 1090. The highest BCUT2D eigenvalue weighted by molar-refractivity contribution is 6.33. The molecule has 0 atom stereocenters. The van der Waals surface area contributed by atoms with E-state index >= 15 is 0 Å². The first kappa shape index (κ1) is 17.9. The minimum absolute atomic E-state index is 0.325. The summed E-state index contributed by atoms with van der Waals surface area (Å²) in [6, 6.07) is 9.74. The fraction of sp³-hybridized carbons (Fsp3) is 0.286. The number of nitrogens with zero attached hydrogens (tertiary/aromatic N) is 1. The molecule has 0 bridgehead atoms. The Morgan fingerprint density at radius 2 is 2.04 bits per heavy atom. The van der Waals surface area contributed by atoms with Crippen molar-refractivity contribution < 1.29 is 13.9 Å². The second kappa shape index (κ2) is 6.91. The quantitative estimate of drug-likeness (QED) is 0.624. The Kier molecular flexibility index (Phi) is 4.58. The molecule has 2 aromatic carbocycles. The molecule has 0 fully saturated rings. The fourth-order valence-electron chi connectivity index (χ4n) is 3.44. The third kappa shape index (κ3) is 3.17. The number of halogens is 1. The number of ether oxygens (including phenoxy) is 2. The maximum Gasteiger partial charge on any atom is 0.339 e. The number of methoxy groups -OCH3 is 1. The number of hydrogen-bond acceptors (Lipinski definition) is 5. The summed E-state index contributed by atoms with van der Waals surface area (Å²) in [6.07, 6.45) is 0. The molecule has 0 spiro atoms. The smallest absolute Gasteiger partial charge is 0.339 e. The zero-order valence-corrected chi connectivity index (χ0v) is 16.2. The summed E-state index contributed by atoms with van der Waals surface area (Å²) in [5.74, 6) is 1.41. The van der Waals surface area contributed by atoms with Crippen LogP contribution in [0.25, 0.3) is 11.0 Å². The molecule has 140 valence electrons. The van der Waals surface area contributed by atoms with Gasteiger partial charge in [-0.2, -0.15) is 0 Å². The molecule has 0 saturated carbocycles. The summed E-state index contributed by atoms with van der Waals surface area (Å²) in [5.41, 5.74) is 3.64. The maximum atomic E-state index is 12.2. The molecular weight excluding hydrogens is 366 g/mol. The Morgan fingerprint density at radius 3 is 2.81 bits per heavy atom. The fourth-order valence-corrected chi connectivity index (χ4v) is 3.72. The second-order valence-electron chi connectivity index (χ2n) is 6.79. The van der Waals surface area contributed by atoms with Crippen LogP contribution in [0.3, 0.4) is 0 Å². The van der Waals surface area contributed by atoms with E-state index in [1.54, 1.807) is 14.0 Å². The van der Waals surface area contributed by atoms with Crippen LogP contribution < -0.4 is 15.1 Å². The zero-order chi connectivity index (χ0) is 19.1. The van der Waals surface area contributed by atoms with E-state index < -0.39 is 0 Å². The van der Waals surface area contributed by atoms with Gasteiger partial charge in [0.05, 0.1) is 17.7 Å². The lowest BCUT2D eigenvalue weighted by atomic mass is 10.0. The Morgan fingerprint density at radius 1 is 1.22 bits per heavy atom. The molecule has 1 aromatic heterocycles. The molecule has 5 nitrogen and oxygen atoms in total. The minimum atomic E-state index is -0.325. The summed E-state index contributed by atoms with van der Waals surface area (Å²) in [6.45, 7) is 5.34. The van der Waals surface area contributed by atoms with Crippen LogP contribution in [0.1, 0.15) is 22.3 Å². The molecule has 0 radical (unpaired) electrons. The van der Waals surface area contributed by atoms with Crippen LogP contribution in [0, 0.1) is 13.8 Å². The average molecular weight is 386 g/mol. The van der Waals surface area contributed by atoms with Gasteiger partial charge in [0.1, 0.15) is 23.8 Å². The normalized spacial score (nSPS) is 14.1. The van der Waals surface area contributed by atoms with Gasteiger partial charge in [0.25, 0.3) is 0 Å². The Labute approximate surface area is 162 Å². The standard InChI is InChI=1S/C21H20ClNO4/c1-12-13(2)21(24)27-19-16(12)8-18(22)20-17(19)10-23(11-26-20)9-14-5-4-6-15(7-14)25-3/h4-8H,9-11H2,1-3H3. The predicted molar refractivity (Wildman–Crippen MR) is 105 cm³/mol. The lowest BCUT2D eigenvalue weighted by Crippen LogP contribution is -2.32. The third-order valence-corrected chi connectivity index (χ3v) is 5.34. The van der Waals surface area contributed by atoms with Crippen LogP contribution in [0.5, 0.6) is 11.5 Å². The molecule has 0 N–H and O–H groups in total. The largest absolute Gasteiger partial charge is 0.497 e. The number of fused-ring (bicyclic) bond motifs is 3. The molecule has 0 saturated heterocycles. The predicted octanol–water partition coefficient (Wildman–Crippen LogP) is 4.42. The van der Waals surface area contributed by atoms with Crippen molar-refractivity contribution in [1.82, 2.24) is 4.90 Å². The van der Waals surface area contributed by atoms with Crippen molar-refractivity contribution in [2.24, 2.45) is 0 Å². The zero-order valence-electron chi connectivity index (χ0n) is 15.5. The van der Waals surface area contributed by atoms with Gasteiger partial charge in [0, 0.05) is 24.0 Å². The van der Waals surface area contributed by atoms with Crippen molar-refractivity contribution >= 4 is 22.6 Å². The first-order valence-electron chi connectivity index (χ1n) is 8.71. The number of rotatable bonds is 3. The first-order valence-corrected chi connectivity index (χ1v) is 9.09. The van der Waals surface area contributed by atoms with Crippen LogP contribution in [0.4, 0.5) is 0 Å². The van der Waals surface area contributed by atoms with Gasteiger partial charge in [0.15, 0.2) is 0 Å². The van der Waals surface area contributed by atoms with Gasteiger partial charge in [-0.1, -0.05) is 23.7 Å². The van der Waals surface area contributed by atoms with Gasteiger partial charge in [-0.05, 0) is 43.2 Å². The molecule has 27 heavy (non-hydrogen) atoms. The van der Waals surface area contributed by atoms with E-state index in [0.717, 1.165) is 27.8 Å². The lowest BCUT2D eigenvalue weighted by Gasteiger charge is -2.30. The van der Waals surface area contributed by atoms with E-state index in [4.69, 9.17) is 25.5 Å². The van der Waals surface area contributed by atoms with Gasteiger partial charge in [-0.15, -0.1) is 0 Å². The van der Waals surface area contributed by atoms with Crippen molar-refractivity contribution in [1.29, 1.82) is 0 Å². The van der Waals surface area contributed by atoms with Crippen LogP contribution in [0.15, 0.2) is 39.5 Å². The lowest BCUT2D eigenvalue weighted by molar-refractivity contribution is 0.0890. The molecule has 4 rings (SSSR count). The number of benzene rings is 2. The van der Waals surface area contributed by atoms with Crippen molar-refractivity contribution in [3.8, 4) is 11.5 Å². The van der Waals surface area contributed by atoms with Crippen molar-refractivity contribution in [2.75, 3.05) is 13.8 Å². The molecular formula is C21H20ClNO4. The van der Waals surface area contributed by atoms with Crippen LogP contribution in [-0.4, -0.2) is 18.7 Å². The molecule has 0 amide bonds. The monoisotopic (exact) mass is 385 g/mol. The summed E-state index contributed by atoms with van der Waals surface area (Å²) < 4.78 is 16.8. The molecule has 1 aliphatic heterocycles. The SMILES string of the molecule is COc1cccc(CN2COc3c(Cl)cc4c(C)c(C)c(=O)oc4c3C2)c1. The van der Waals surface area contributed by atoms with Gasteiger partial charge in [-0.25, -0.2) is 4.79 Å². The van der Waals surface area contributed by atoms with Gasteiger partial charge < -0.3 is 13.9 Å². The molecule has 0 unspecified atom stereocenters. The Hall–Kier alpha value is -2.50. The van der Waals surface area contributed by atoms with E-state index in [0.29, 0.717) is 41.7 Å². The van der Waals surface area contributed by atoms with E-state index in [9.17, 15) is 4.79 Å². The van der Waals surface area contributed by atoms with Crippen molar-refractivity contribution in [3.05, 3.63) is 68.0 Å². The van der Waals surface area contributed by atoms with E-state index in [2.05, 4.69) is 4.90 Å². The molecule has 2 heterocycles. The highest BCUT2D eigenvalue weighted by Gasteiger charge is 2.25. The van der Waals surface area contributed by atoms with E-state index in [1.165, 1.54) is 0 Å². The number of aryl methyl sites for hydroxylation is 1. The van der Waals surface area contributed by atoms with E-state index in [1.807, 2.05) is 37.3 Å². The summed E-state index contributed by atoms with van der Waals surface area (Å²) in [5, 5.41) is 1.39. The highest BCUT2D eigenvalue weighted by atomic mass is 35.5. The minimum Gasteiger partial charge on any atom is -0.497 e. The third-order valence-electron chi connectivity index (χ3n) is 5.06. The second-order valence-corrected chi connectivity index (χ2v) is 7.20. The molecule has 1 aliphatic rings. The topological polar surface area (TPSA) is 51.9 Å². The van der Waals surface area contributed by atoms with Crippen LogP contribution >= 0.6 is 11.6 Å². The van der Waals surface area contributed by atoms with Gasteiger partial charge in [-0.3, -0.25) is 4.90 Å². The van der Waals surface area contributed by atoms with Crippen LogP contribution in [-0.2, 0) is 13.1 Å². The Balaban J connectivity index is 1.74.